The fourth-order valence-electron chi connectivity index (χ4n) is 0.873. The normalized spacial score (nSPS) is 13.9. The minimum Gasteiger partial charge on any atom is -0.500 e. The van der Waals surface area contributed by atoms with Crippen LogP contribution in [-0.4, -0.2) is 19.9 Å². The van der Waals surface area contributed by atoms with E-state index < -0.39 is 0 Å². The third-order valence-electron chi connectivity index (χ3n) is 1.85. The molecule has 0 saturated carbocycles. The summed E-state index contributed by atoms with van der Waals surface area (Å²) < 4.78 is 11.3. The van der Waals surface area contributed by atoms with Gasteiger partial charge in [-0.25, -0.2) is 4.99 Å². The van der Waals surface area contributed by atoms with E-state index in [-0.39, 0.29) is 0 Å². The number of hydrogen-bond donors (Lipinski definition) is 0. The molecule has 4 heteroatoms. The summed E-state index contributed by atoms with van der Waals surface area (Å²) in [5.41, 5.74) is 0. The van der Waals surface area contributed by atoms with Crippen molar-refractivity contribution in [2.45, 2.75) is 33.6 Å². The highest BCUT2D eigenvalue weighted by Crippen LogP contribution is 2.11. The maximum absolute atomic E-state index is 5.39. The standard InChI is InChI=1S/C12H20BrNO2/c1-5-7-8-12(16-6-2)14-9-11(13)10(3)15-4/h8-9H,5-7H2,1-4H3/b11-10-,12-8-,14-9-. The summed E-state index contributed by atoms with van der Waals surface area (Å²) in [4.78, 5) is 4.25. The zero-order valence-corrected chi connectivity index (χ0v) is 12.0. The van der Waals surface area contributed by atoms with Crippen LogP contribution < -0.4 is 0 Å². The number of nitrogens with zero attached hydrogens (tertiary/aromatic N) is 1. The van der Waals surface area contributed by atoms with Crippen LogP contribution in [-0.2, 0) is 9.47 Å². The molecule has 0 aromatic heterocycles. The number of hydrogen-bond acceptors (Lipinski definition) is 3. The lowest BCUT2D eigenvalue weighted by molar-refractivity contribution is 0.226. The van der Waals surface area contributed by atoms with Crippen LogP contribution in [0.15, 0.2) is 27.2 Å². The first kappa shape index (κ1) is 15.2. The summed E-state index contributed by atoms with van der Waals surface area (Å²) in [6, 6.07) is 0. The molecule has 0 bridgehead atoms. The molecular weight excluding hydrogens is 270 g/mol. The van der Waals surface area contributed by atoms with Crippen molar-refractivity contribution < 1.29 is 9.47 Å². The minimum absolute atomic E-state index is 0.623. The lowest BCUT2D eigenvalue weighted by Gasteiger charge is -2.03. The first-order valence-electron chi connectivity index (χ1n) is 5.43. The van der Waals surface area contributed by atoms with Crippen LogP contribution >= 0.6 is 15.9 Å². The molecule has 0 saturated heterocycles. The van der Waals surface area contributed by atoms with Gasteiger partial charge in [0.15, 0.2) is 0 Å². The Labute approximate surface area is 106 Å². The third-order valence-corrected chi connectivity index (χ3v) is 2.61. The average molecular weight is 290 g/mol. The molecule has 0 aromatic carbocycles. The van der Waals surface area contributed by atoms with Crippen molar-refractivity contribution in [3.05, 3.63) is 22.2 Å². The van der Waals surface area contributed by atoms with Crippen molar-refractivity contribution in [1.82, 2.24) is 0 Å². The van der Waals surface area contributed by atoms with Crippen LogP contribution in [0.25, 0.3) is 0 Å². The van der Waals surface area contributed by atoms with Gasteiger partial charge >= 0.3 is 0 Å². The van der Waals surface area contributed by atoms with Crippen molar-refractivity contribution in [2.75, 3.05) is 13.7 Å². The van der Waals surface area contributed by atoms with Crippen LogP contribution in [0, 0.1) is 0 Å². The van der Waals surface area contributed by atoms with Gasteiger partial charge in [0, 0.05) is 6.21 Å². The quantitative estimate of drug-likeness (QED) is 0.524. The van der Waals surface area contributed by atoms with E-state index in [1.54, 1.807) is 13.3 Å². The Bertz CT molecular complexity index is 283. The molecule has 0 atom stereocenters. The predicted molar refractivity (Wildman–Crippen MR) is 71.7 cm³/mol. The maximum atomic E-state index is 5.39. The lowest BCUT2D eigenvalue weighted by Crippen LogP contribution is -1.91. The molecule has 0 radical (unpaired) electrons. The molecule has 0 aliphatic heterocycles. The number of allylic oxidation sites excluding steroid dienone is 3. The van der Waals surface area contributed by atoms with Crippen molar-refractivity contribution in [1.29, 1.82) is 0 Å². The topological polar surface area (TPSA) is 30.8 Å². The Morgan fingerprint density at radius 1 is 1.38 bits per heavy atom. The van der Waals surface area contributed by atoms with E-state index in [0.717, 1.165) is 23.1 Å². The number of halogens is 1. The number of aliphatic imine (C=N–C) groups is 1. The highest BCUT2D eigenvalue weighted by molar-refractivity contribution is 9.12. The van der Waals surface area contributed by atoms with Crippen LogP contribution in [0.4, 0.5) is 0 Å². The van der Waals surface area contributed by atoms with Crippen LogP contribution in [0.5, 0.6) is 0 Å². The van der Waals surface area contributed by atoms with Crippen molar-refractivity contribution >= 4 is 22.1 Å². The Morgan fingerprint density at radius 2 is 2.06 bits per heavy atom. The van der Waals surface area contributed by atoms with Gasteiger partial charge in [-0.05, 0) is 42.3 Å². The molecular formula is C12H20BrNO2. The largest absolute Gasteiger partial charge is 0.500 e. The van der Waals surface area contributed by atoms with Gasteiger partial charge < -0.3 is 9.47 Å². The van der Waals surface area contributed by atoms with E-state index in [4.69, 9.17) is 9.47 Å². The summed E-state index contributed by atoms with van der Waals surface area (Å²) in [6.07, 6.45) is 5.73. The van der Waals surface area contributed by atoms with Gasteiger partial charge in [-0.1, -0.05) is 13.3 Å². The molecule has 0 spiro atoms. The maximum Gasteiger partial charge on any atom is 0.209 e. The summed E-state index contributed by atoms with van der Waals surface area (Å²) in [5.74, 6) is 1.44. The number of ether oxygens (including phenoxy) is 2. The molecule has 0 aromatic rings. The molecule has 0 aliphatic rings. The van der Waals surface area contributed by atoms with Gasteiger partial charge in [-0.3, -0.25) is 0 Å². The molecule has 0 amide bonds. The fraction of sp³-hybridized carbons (Fsp3) is 0.583. The highest BCUT2D eigenvalue weighted by Gasteiger charge is 1.96. The van der Waals surface area contributed by atoms with Crippen molar-refractivity contribution in [3.8, 4) is 0 Å². The second-order valence-corrected chi connectivity index (χ2v) is 3.98. The molecule has 0 fully saturated rings. The number of methoxy groups -OCH3 is 1. The minimum atomic E-state index is 0.623. The summed E-state index contributed by atoms with van der Waals surface area (Å²) in [6.45, 7) is 6.55. The number of unbranched alkanes of at least 4 members (excludes halogenated alkanes) is 1. The average Bonchev–Trinajstić information content (AvgIpc) is 2.31. The predicted octanol–water partition coefficient (Wildman–Crippen LogP) is 4.01. The van der Waals surface area contributed by atoms with E-state index in [1.165, 1.54) is 0 Å². The smallest absolute Gasteiger partial charge is 0.209 e. The van der Waals surface area contributed by atoms with Gasteiger partial charge in [0.2, 0.25) is 5.88 Å². The second kappa shape index (κ2) is 9.46. The summed E-state index contributed by atoms with van der Waals surface area (Å²) in [7, 11) is 1.63. The van der Waals surface area contributed by atoms with Gasteiger partial charge in [0.25, 0.3) is 0 Å². The van der Waals surface area contributed by atoms with Crippen LogP contribution in [0.2, 0.25) is 0 Å². The van der Waals surface area contributed by atoms with E-state index in [0.29, 0.717) is 12.5 Å². The van der Waals surface area contributed by atoms with Gasteiger partial charge in [-0.2, -0.15) is 0 Å². The molecule has 0 heterocycles. The molecule has 0 rings (SSSR count). The lowest BCUT2D eigenvalue weighted by atomic mass is 10.3. The summed E-state index contributed by atoms with van der Waals surface area (Å²) >= 11 is 3.37. The molecule has 0 aliphatic carbocycles. The zero-order chi connectivity index (χ0) is 12.4. The number of rotatable bonds is 7. The van der Waals surface area contributed by atoms with Crippen molar-refractivity contribution in [3.63, 3.8) is 0 Å². The van der Waals surface area contributed by atoms with E-state index >= 15 is 0 Å². The van der Waals surface area contributed by atoms with Gasteiger partial charge in [0.1, 0.15) is 5.76 Å². The van der Waals surface area contributed by atoms with Crippen LogP contribution in [0.3, 0.4) is 0 Å². The first-order chi connectivity index (χ1) is 7.65. The monoisotopic (exact) mass is 289 g/mol. The molecule has 0 unspecified atom stereocenters. The fourth-order valence-corrected chi connectivity index (χ4v) is 1.14. The Morgan fingerprint density at radius 3 is 2.56 bits per heavy atom. The molecule has 0 N–H and O–H groups in total. The van der Waals surface area contributed by atoms with Gasteiger partial charge in [-0.15, -0.1) is 0 Å². The molecule has 3 nitrogen and oxygen atoms in total. The first-order valence-corrected chi connectivity index (χ1v) is 6.22. The van der Waals surface area contributed by atoms with E-state index in [9.17, 15) is 0 Å². The second-order valence-electron chi connectivity index (χ2n) is 3.13. The van der Waals surface area contributed by atoms with Crippen molar-refractivity contribution in [2.24, 2.45) is 4.99 Å². The Hall–Kier alpha value is -0.770. The molecule has 92 valence electrons. The van der Waals surface area contributed by atoms with E-state index in [1.807, 2.05) is 19.9 Å². The zero-order valence-electron chi connectivity index (χ0n) is 10.4. The van der Waals surface area contributed by atoms with Gasteiger partial charge in [0.05, 0.1) is 18.2 Å². The summed E-state index contributed by atoms with van der Waals surface area (Å²) in [5, 5.41) is 0. The van der Waals surface area contributed by atoms with E-state index in [2.05, 4.69) is 27.8 Å². The SMILES string of the molecule is CCC/C=C(/N=C\C(Br)=C(/C)OC)OCC. The third kappa shape index (κ3) is 6.67. The highest BCUT2D eigenvalue weighted by atomic mass is 79.9. The molecule has 16 heavy (non-hydrogen) atoms. The Kier molecular flexibility index (Phi) is 9.00. The van der Waals surface area contributed by atoms with Crippen LogP contribution in [0.1, 0.15) is 33.6 Å². The Balaban J connectivity index is 4.56.